The number of aromatic amines is 1. The monoisotopic (exact) mass is 231 g/mol. The summed E-state index contributed by atoms with van der Waals surface area (Å²) in [6.45, 7) is 1.37. The summed E-state index contributed by atoms with van der Waals surface area (Å²) < 4.78 is 11.2. The molecule has 88 valence electrons. The molecular weight excluding hydrogens is 218 g/mol. The smallest absolute Gasteiger partial charge is 0.152 e. The minimum Gasteiger partial charge on any atom is -0.487 e. The van der Waals surface area contributed by atoms with Crippen LogP contribution in [0.5, 0.6) is 5.75 Å². The third-order valence-electron chi connectivity index (χ3n) is 3.01. The Balaban J connectivity index is 2.01. The summed E-state index contributed by atoms with van der Waals surface area (Å²) in [5, 5.41) is 0.856. The molecule has 0 amide bonds. The third-order valence-corrected chi connectivity index (χ3v) is 3.01. The summed E-state index contributed by atoms with van der Waals surface area (Å²) in [6.07, 6.45) is 3.54. The van der Waals surface area contributed by atoms with Gasteiger partial charge in [0.2, 0.25) is 0 Å². The van der Waals surface area contributed by atoms with Crippen molar-refractivity contribution in [1.82, 2.24) is 4.98 Å². The fraction of sp³-hybridized carbons (Fsp3) is 0.308. The third kappa shape index (κ3) is 1.80. The molecule has 17 heavy (non-hydrogen) atoms. The van der Waals surface area contributed by atoms with Crippen molar-refractivity contribution >= 4 is 17.2 Å². The standard InChI is InChI=1S/C13H13NO3/c15-7-9-6-14-11-2-1-3-12(13(9)11)17-10-4-5-16-8-10/h1-3,6-7,10,14H,4-5,8H2. The molecule has 0 spiro atoms. The van der Waals surface area contributed by atoms with E-state index in [-0.39, 0.29) is 6.10 Å². The second-order valence-electron chi connectivity index (χ2n) is 4.14. The van der Waals surface area contributed by atoms with E-state index in [0.29, 0.717) is 12.2 Å². The number of carbonyl (C=O) groups is 1. The van der Waals surface area contributed by atoms with E-state index in [4.69, 9.17) is 9.47 Å². The molecular formula is C13H13NO3. The summed E-state index contributed by atoms with van der Waals surface area (Å²) >= 11 is 0. The lowest BCUT2D eigenvalue weighted by atomic mass is 10.1. The normalized spacial score (nSPS) is 19.6. The van der Waals surface area contributed by atoms with E-state index in [0.717, 1.165) is 36.0 Å². The summed E-state index contributed by atoms with van der Waals surface area (Å²) in [7, 11) is 0. The van der Waals surface area contributed by atoms with Crippen molar-refractivity contribution in [2.45, 2.75) is 12.5 Å². The van der Waals surface area contributed by atoms with Gasteiger partial charge in [0.25, 0.3) is 0 Å². The highest BCUT2D eigenvalue weighted by Gasteiger charge is 2.19. The predicted octanol–water partition coefficient (Wildman–Crippen LogP) is 2.15. The van der Waals surface area contributed by atoms with Gasteiger partial charge in [0.15, 0.2) is 6.29 Å². The van der Waals surface area contributed by atoms with Crippen LogP contribution >= 0.6 is 0 Å². The number of nitrogens with one attached hydrogen (secondary N) is 1. The lowest BCUT2D eigenvalue weighted by Crippen LogP contribution is -2.15. The van der Waals surface area contributed by atoms with Crippen molar-refractivity contribution in [2.75, 3.05) is 13.2 Å². The van der Waals surface area contributed by atoms with E-state index in [1.54, 1.807) is 6.20 Å². The first-order chi connectivity index (χ1) is 8.38. The molecule has 1 N–H and O–H groups in total. The van der Waals surface area contributed by atoms with Crippen LogP contribution in [0.3, 0.4) is 0 Å². The lowest BCUT2D eigenvalue weighted by molar-refractivity contribution is 0.112. The number of benzene rings is 1. The van der Waals surface area contributed by atoms with E-state index in [1.807, 2.05) is 18.2 Å². The number of carbonyl (C=O) groups excluding carboxylic acids is 1. The fourth-order valence-corrected chi connectivity index (χ4v) is 2.15. The first kappa shape index (κ1) is 10.4. The molecule has 4 heteroatoms. The molecule has 2 heterocycles. The highest BCUT2D eigenvalue weighted by Crippen LogP contribution is 2.29. The molecule has 4 nitrogen and oxygen atoms in total. The number of aromatic nitrogens is 1. The van der Waals surface area contributed by atoms with Gasteiger partial charge in [-0.15, -0.1) is 0 Å². The highest BCUT2D eigenvalue weighted by molar-refractivity contribution is 6.00. The minimum absolute atomic E-state index is 0.0926. The number of ether oxygens (including phenoxy) is 2. The summed E-state index contributed by atoms with van der Waals surface area (Å²) in [4.78, 5) is 14.0. The quantitative estimate of drug-likeness (QED) is 0.823. The van der Waals surface area contributed by atoms with Crippen LogP contribution in [0.2, 0.25) is 0 Å². The molecule has 1 aliphatic heterocycles. The molecule has 1 unspecified atom stereocenters. The number of rotatable bonds is 3. The van der Waals surface area contributed by atoms with Crippen molar-refractivity contribution in [1.29, 1.82) is 0 Å². The number of aldehydes is 1. The van der Waals surface area contributed by atoms with E-state index in [2.05, 4.69) is 4.98 Å². The van der Waals surface area contributed by atoms with Crippen LogP contribution in [-0.4, -0.2) is 30.6 Å². The van der Waals surface area contributed by atoms with Crippen molar-refractivity contribution < 1.29 is 14.3 Å². The molecule has 1 aliphatic rings. The van der Waals surface area contributed by atoms with Gasteiger partial charge in [-0.2, -0.15) is 0 Å². The SMILES string of the molecule is O=Cc1c[nH]c2cccc(OC3CCOC3)c12. The number of hydrogen-bond donors (Lipinski definition) is 1. The van der Waals surface area contributed by atoms with Gasteiger partial charge in [-0.3, -0.25) is 4.79 Å². The first-order valence-electron chi connectivity index (χ1n) is 5.68. The maximum absolute atomic E-state index is 11.0. The van der Waals surface area contributed by atoms with E-state index in [1.165, 1.54) is 0 Å². The molecule has 1 aromatic carbocycles. The Labute approximate surface area is 98.5 Å². The predicted molar refractivity (Wildman–Crippen MR) is 63.5 cm³/mol. The molecule has 1 atom stereocenters. The Morgan fingerprint density at radius 3 is 3.18 bits per heavy atom. The molecule has 0 bridgehead atoms. The lowest BCUT2D eigenvalue weighted by Gasteiger charge is -2.12. The molecule has 0 radical (unpaired) electrons. The number of H-pyrrole nitrogens is 1. The van der Waals surface area contributed by atoms with Crippen LogP contribution in [0.25, 0.3) is 10.9 Å². The molecule has 3 rings (SSSR count). The maximum atomic E-state index is 11.0. The Morgan fingerprint density at radius 1 is 1.47 bits per heavy atom. The average molecular weight is 231 g/mol. The number of fused-ring (bicyclic) bond motifs is 1. The molecule has 2 aromatic rings. The topological polar surface area (TPSA) is 51.3 Å². The second kappa shape index (κ2) is 4.22. The average Bonchev–Trinajstić information content (AvgIpc) is 2.97. The van der Waals surface area contributed by atoms with Gasteiger partial charge in [0.05, 0.1) is 18.6 Å². The van der Waals surface area contributed by atoms with Gasteiger partial charge >= 0.3 is 0 Å². The zero-order valence-corrected chi connectivity index (χ0v) is 9.31. The van der Waals surface area contributed by atoms with Crippen molar-refractivity contribution in [3.05, 3.63) is 30.0 Å². The zero-order valence-electron chi connectivity index (χ0n) is 9.31. The van der Waals surface area contributed by atoms with E-state index >= 15 is 0 Å². The second-order valence-corrected chi connectivity index (χ2v) is 4.14. The van der Waals surface area contributed by atoms with E-state index < -0.39 is 0 Å². The van der Waals surface area contributed by atoms with Crippen LogP contribution in [-0.2, 0) is 4.74 Å². The highest BCUT2D eigenvalue weighted by atomic mass is 16.5. The Kier molecular flexibility index (Phi) is 2.57. The van der Waals surface area contributed by atoms with Gasteiger partial charge in [-0.25, -0.2) is 0 Å². The Hall–Kier alpha value is -1.81. The van der Waals surface area contributed by atoms with Crippen LogP contribution in [0.4, 0.5) is 0 Å². The first-order valence-corrected chi connectivity index (χ1v) is 5.68. The van der Waals surface area contributed by atoms with Crippen LogP contribution in [0.1, 0.15) is 16.8 Å². The zero-order chi connectivity index (χ0) is 11.7. The van der Waals surface area contributed by atoms with Gasteiger partial charge in [-0.1, -0.05) is 6.07 Å². The molecule has 0 saturated carbocycles. The van der Waals surface area contributed by atoms with Crippen molar-refractivity contribution in [3.63, 3.8) is 0 Å². The largest absolute Gasteiger partial charge is 0.487 e. The van der Waals surface area contributed by atoms with Crippen LogP contribution < -0.4 is 4.74 Å². The number of hydrogen-bond acceptors (Lipinski definition) is 3. The van der Waals surface area contributed by atoms with Gasteiger partial charge < -0.3 is 14.5 Å². The van der Waals surface area contributed by atoms with Crippen LogP contribution in [0.15, 0.2) is 24.4 Å². The van der Waals surface area contributed by atoms with Gasteiger partial charge in [0.1, 0.15) is 11.9 Å². The summed E-state index contributed by atoms with van der Waals surface area (Å²) in [5.74, 6) is 0.751. The molecule has 1 fully saturated rings. The maximum Gasteiger partial charge on any atom is 0.152 e. The Morgan fingerprint density at radius 2 is 2.41 bits per heavy atom. The summed E-state index contributed by atoms with van der Waals surface area (Å²) in [6, 6.07) is 5.74. The van der Waals surface area contributed by atoms with Crippen LogP contribution in [0, 0.1) is 0 Å². The molecule has 1 saturated heterocycles. The summed E-state index contributed by atoms with van der Waals surface area (Å²) in [5.41, 5.74) is 1.55. The van der Waals surface area contributed by atoms with Crippen molar-refractivity contribution in [3.8, 4) is 5.75 Å². The Bertz CT molecular complexity index is 541. The fourth-order valence-electron chi connectivity index (χ4n) is 2.15. The van der Waals surface area contributed by atoms with E-state index in [9.17, 15) is 4.79 Å². The van der Waals surface area contributed by atoms with Gasteiger partial charge in [-0.05, 0) is 12.1 Å². The minimum atomic E-state index is 0.0926. The van der Waals surface area contributed by atoms with Crippen molar-refractivity contribution in [2.24, 2.45) is 0 Å². The van der Waals surface area contributed by atoms with Gasteiger partial charge in [0, 0.05) is 23.7 Å². The molecule has 0 aliphatic carbocycles. The molecule has 1 aromatic heterocycles.